The van der Waals surface area contributed by atoms with E-state index in [1.807, 2.05) is 0 Å². The molecule has 0 aliphatic carbocycles. The Bertz CT molecular complexity index is 979. The largest absolute Gasteiger partial charge is 0.506 e. The van der Waals surface area contributed by atoms with E-state index in [1.165, 1.54) is 29.5 Å². The predicted octanol–water partition coefficient (Wildman–Crippen LogP) is 3.11. The molecule has 0 radical (unpaired) electrons. The van der Waals surface area contributed by atoms with E-state index >= 15 is 0 Å². The zero-order valence-corrected chi connectivity index (χ0v) is 16.1. The van der Waals surface area contributed by atoms with Crippen LogP contribution in [0.2, 0.25) is 5.02 Å². The lowest BCUT2D eigenvalue weighted by molar-refractivity contribution is 0.0677. The van der Waals surface area contributed by atoms with E-state index in [-0.39, 0.29) is 16.3 Å². The Hall–Kier alpha value is -2.87. The summed E-state index contributed by atoms with van der Waals surface area (Å²) in [6.45, 7) is -0.578. The molecule has 0 saturated carbocycles. The van der Waals surface area contributed by atoms with Gasteiger partial charge < -0.3 is 20.8 Å². The smallest absolute Gasteiger partial charge is 0.263 e. The molecular formula is C20H17ClN2O4S. The number of aromatic hydroxyl groups is 1. The quantitative estimate of drug-likeness (QED) is 0.464. The van der Waals surface area contributed by atoms with Gasteiger partial charge in [-0.3, -0.25) is 9.59 Å². The average molecular weight is 417 g/mol. The zero-order chi connectivity index (χ0) is 20.1. The lowest BCUT2D eigenvalue weighted by Gasteiger charge is -2.34. The molecule has 3 rings (SSSR count). The minimum absolute atomic E-state index is 0.0181. The summed E-state index contributed by atoms with van der Waals surface area (Å²) in [4.78, 5) is 25.9. The van der Waals surface area contributed by atoms with Gasteiger partial charge in [0.15, 0.2) is 5.66 Å². The van der Waals surface area contributed by atoms with Gasteiger partial charge in [-0.05, 0) is 29.6 Å². The number of thiophene rings is 1. The molecule has 144 valence electrons. The molecule has 2 aromatic carbocycles. The Morgan fingerprint density at radius 1 is 1.00 bits per heavy atom. The van der Waals surface area contributed by atoms with E-state index in [9.17, 15) is 19.8 Å². The number of rotatable bonds is 6. The minimum Gasteiger partial charge on any atom is -0.506 e. The maximum absolute atomic E-state index is 12.8. The molecule has 28 heavy (non-hydrogen) atoms. The zero-order valence-electron chi connectivity index (χ0n) is 14.6. The molecule has 0 unspecified atom stereocenters. The number of hydrogen-bond donors (Lipinski definition) is 4. The van der Waals surface area contributed by atoms with Gasteiger partial charge in [-0.25, -0.2) is 0 Å². The van der Waals surface area contributed by atoms with Crippen LogP contribution in [-0.4, -0.2) is 28.6 Å². The van der Waals surface area contributed by atoms with Crippen molar-refractivity contribution in [1.29, 1.82) is 0 Å². The fourth-order valence-corrected chi connectivity index (χ4v) is 3.45. The van der Waals surface area contributed by atoms with Crippen LogP contribution in [0.5, 0.6) is 5.75 Å². The Labute approximate surface area is 170 Å². The third-order valence-corrected chi connectivity index (χ3v) is 5.28. The Morgan fingerprint density at radius 3 is 2.32 bits per heavy atom. The number of amides is 2. The van der Waals surface area contributed by atoms with Crippen molar-refractivity contribution in [1.82, 2.24) is 10.6 Å². The molecule has 8 heteroatoms. The standard InChI is InChI=1S/C20H17ClN2O4S/c21-15-11-13(8-9-16(15)25)18(26)22-20(12-24,14-5-2-1-3-6-14)23-19(27)17-7-4-10-28-17/h1-11,24-25H,12H2,(H,22,26)(H,23,27)/t20-/m1/s1. The van der Waals surface area contributed by atoms with Crippen molar-refractivity contribution in [3.8, 4) is 5.75 Å². The highest BCUT2D eigenvalue weighted by Crippen LogP contribution is 2.25. The number of phenols is 1. The van der Waals surface area contributed by atoms with Gasteiger partial charge in [-0.1, -0.05) is 48.0 Å². The fraction of sp³-hybridized carbons (Fsp3) is 0.100. The van der Waals surface area contributed by atoms with Crippen LogP contribution in [0.1, 0.15) is 25.6 Å². The van der Waals surface area contributed by atoms with Gasteiger partial charge in [0.25, 0.3) is 11.8 Å². The third-order valence-electron chi connectivity index (χ3n) is 4.11. The molecule has 2 amide bonds. The molecule has 1 aromatic heterocycles. The first-order valence-electron chi connectivity index (χ1n) is 8.28. The van der Waals surface area contributed by atoms with Crippen LogP contribution in [0.3, 0.4) is 0 Å². The van der Waals surface area contributed by atoms with Crippen molar-refractivity contribution in [3.63, 3.8) is 0 Å². The molecule has 1 atom stereocenters. The molecule has 3 aromatic rings. The summed E-state index contributed by atoms with van der Waals surface area (Å²) in [6, 6.07) is 16.0. The van der Waals surface area contributed by atoms with E-state index in [1.54, 1.807) is 47.8 Å². The van der Waals surface area contributed by atoms with Gasteiger partial charge in [-0.2, -0.15) is 0 Å². The minimum atomic E-state index is -1.55. The fourth-order valence-electron chi connectivity index (χ4n) is 2.65. The molecule has 0 saturated heterocycles. The predicted molar refractivity (Wildman–Crippen MR) is 108 cm³/mol. The summed E-state index contributed by atoms with van der Waals surface area (Å²) < 4.78 is 0. The molecule has 0 bridgehead atoms. The van der Waals surface area contributed by atoms with E-state index in [0.29, 0.717) is 10.4 Å². The number of aliphatic hydroxyl groups is 1. The second-order valence-electron chi connectivity index (χ2n) is 5.98. The van der Waals surface area contributed by atoms with Crippen LogP contribution in [0.25, 0.3) is 0 Å². The van der Waals surface area contributed by atoms with Crippen molar-refractivity contribution < 1.29 is 19.8 Å². The molecule has 6 nitrogen and oxygen atoms in total. The van der Waals surface area contributed by atoms with Crippen molar-refractivity contribution in [2.24, 2.45) is 0 Å². The van der Waals surface area contributed by atoms with Gasteiger partial charge in [0, 0.05) is 11.1 Å². The van der Waals surface area contributed by atoms with Crippen LogP contribution in [0, 0.1) is 0 Å². The van der Waals surface area contributed by atoms with Gasteiger partial charge in [0.05, 0.1) is 16.5 Å². The van der Waals surface area contributed by atoms with Gasteiger partial charge >= 0.3 is 0 Å². The average Bonchev–Trinajstić information content (AvgIpc) is 3.25. The lowest BCUT2D eigenvalue weighted by atomic mass is 9.98. The SMILES string of the molecule is O=C(N[C@](CO)(NC(=O)c1cccs1)c1ccccc1)c1ccc(O)c(Cl)c1. The summed E-state index contributed by atoms with van der Waals surface area (Å²) in [7, 11) is 0. The highest BCUT2D eigenvalue weighted by molar-refractivity contribution is 7.12. The third kappa shape index (κ3) is 4.17. The maximum atomic E-state index is 12.8. The molecule has 1 heterocycles. The first kappa shape index (κ1) is 19.9. The van der Waals surface area contributed by atoms with Crippen LogP contribution >= 0.6 is 22.9 Å². The van der Waals surface area contributed by atoms with E-state index < -0.39 is 24.1 Å². The van der Waals surface area contributed by atoms with Crippen molar-refractivity contribution in [2.45, 2.75) is 5.66 Å². The second-order valence-corrected chi connectivity index (χ2v) is 7.34. The normalized spacial score (nSPS) is 12.8. The summed E-state index contributed by atoms with van der Waals surface area (Å²) in [6.07, 6.45) is 0. The Balaban J connectivity index is 1.96. The van der Waals surface area contributed by atoms with Crippen LogP contribution in [0.4, 0.5) is 0 Å². The maximum Gasteiger partial charge on any atom is 0.263 e. The van der Waals surface area contributed by atoms with Crippen LogP contribution in [0.15, 0.2) is 66.0 Å². The number of halogens is 1. The topological polar surface area (TPSA) is 98.7 Å². The molecule has 4 N–H and O–H groups in total. The summed E-state index contributed by atoms with van der Waals surface area (Å²) in [5, 5.41) is 26.9. The molecule has 0 fully saturated rings. The van der Waals surface area contributed by atoms with Gasteiger partial charge in [0.2, 0.25) is 0 Å². The number of phenolic OH excluding ortho intramolecular Hbond substituents is 1. The van der Waals surface area contributed by atoms with E-state index in [0.717, 1.165) is 0 Å². The van der Waals surface area contributed by atoms with Crippen LogP contribution in [-0.2, 0) is 5.66 Å². The van der Waals surface area contributed by atoms with Crippen LogP contribution < -0.4 is 10.6 Å². The highest BCUT2D eigenvalue weighted by Gasteiger charge is 2.36. The first-order chi connectivity index (χ1) is 13.4. The monoisotopic (exact) mass is 416 g/mol. The molecular weight excluding hydrogens is 400 g/mol. The number of benzene rings is 2. The van der Waals surface area contributed by atoms with Crippen molar-refractivity contribution >= 4 is 34.8 Å². The number of carbonyl (C=O) groups excluding carboxylic acids is 2. The Kier molecular flexibility index (Phi) is 5.99. The van der Waals surface area contributed by atoms with Crippen molar-refractivity contribution in [3.05, 3.63) is 87.1 Å². The summed E-state index contributed by atoms with van der Waals surface area (Å²) in [5.41, 5.74) is -0.883. The van der Waals surface area contributed by atoms with Gasteiger partial charge in [-0.15, -0.1) is 11.3 Å². The highest BCUT2D eigenvalue weighted by atomic mass is 35.5. The summed E-state index contributed by atoms with van der Waals surface area (Å²) in [5.74, 6) is -1.16. The molecule has 0 aliphatic rings. The van der Waals surface area contributed by atoms with Crippen molar-refractivity contribution in [2.75, 3.05) is 6.61 Å². The first-order valence-corrected chi connectivity index (χ1v) is 9.54. The van der Waals surface area contributed by atoms with Gasteiger partial charge in [0.1, 0.15) is 5.75 Å². The lowest BCUT2D eigenvalue weighted by Crippen LogP contribution is -2.60. The molecule has 0 spiro atoms. The molecule has 0 aliphatic heterocycles. The number of carbonyl (C=O) groups is 2. The Morgan fingerprint density at radius 2 is 1.71 bits per heavy atom. The second kappa shape index (κ2) is 8.43. The summed E-state index contributed by atoms with van der Waals surface area (Å²) >= 11 is 7.13. The number of aliphatic hydroxyl groups excluding tert-OH is 1. The number of nitrogens with one attached hydrogen (secondary N) is 2. The number of hydrogen-bond acceptors (Lipinski definition) is 5. The van der Waals surface area contributed by atoms with E-state index in [4.69, 9.17) is 11.6 Å². The van der Waals surface area contributed by atoms with E-state index in [2.05, 4.69) is 10.6 Å².